The van der Waals surface area contributed by atoms with Crippen LogP contribution in [0.3, 0.4) is 0 Å². The highest BCUT2D eigenvalue weighted by atomic mass is 28.3. The summed E-state index contributed by atoms with van der Waals surface area (Å²) in [5, 5.41) is 5.48. The lowest BCUT2D eigenvalue weighted by molar-refractivity contribution is -0.717. The van der Waals surface area contributed by atoms with Gasteiger partial charge in [-0.2, -0.15) is 4.57 Å². The number of hydrogen-bond acceptors (Lipinski definition) is 2. The molecule has 6 rings (SSSR count). The second-order valence-corrected chi connectivity index (χ2v) is 22.0. The Bertz CT molecular complexity index is 2070. The molecule has 3 nitrogen and oxygen atoms in total. The van der Waals surface area contributed by atoms with Crippen LogP contribution in [0.1, 0.15) is 94.4 Å². The number of fused-ring (bicyclic) bond motifs is 3. The fraction of sp³-hybridized carbons (Fsp3) is 0.327. The van der Waals surface area contributed by atoms with Crippen LogP contribution in [0.25, 0.3) is 22.4 Å². The molecule has 0 bridgehead atoms. The molecule has 0 radical (unpaired) electrons. The third-order valence-corrected chi connectivity index (χ3v) is 13.2. The van der Waals surface area contributed by atoms with Crippen LogP contribution in [-0.2, 0) is 0 Å². The van der Waals surface area contributed by atoms with Crippen molar-refractivity contribution >= 4 is 30.3 Å². The summed E-state index contributed by atoms with van der Waals surface area (Å²) in [4.78, 5) is 2.32. The van der Waals surface area contributed by atoms with Gasteiger partial charge in [0.15, 0.2) is 12.2 Å². The summed E-state index contributed by atoms with van der Waals surface area (Å²) in [5.74, 6) is 1.05. The lowest BCUT2D eigenvalue weighted by atomic mass is 9.78. The number of rotatable bonds is 13. The molecule has 2 atom stereocenters. The van der Waals surface area contributed by atoms with Gasteiger partial charge < -0.3 is 10.2 Å². The number of nitrogens with one attached hydrogen (secondary N) is 1. The Morgan fingerprint density at radius 1 is 0.792 bits per heavy atom. The highest BCUT2D eigenvalue weighted by molar-refractivity contribution is 6.88. The number of hydrogen-bond donors (Lipinski definition) is 1. The molecule has 0 saturated carbocycles. The molecule has 5 aromatic rings. The number of benzene rings is 4. The van der Waals surface area contributed by atoms with Crippen molar-refractivity contribution in [2.24, 2.45) is 0 Å². The van der Waals surface area contributed by atoms with Crippen LogP contribution in [0.2, 0.25) is 19.6 Å². The van der Waals surface area contributed by atoms with Crippen molar-refractivity contribution in [2.75, 3.05) is 17.3 Å². The molecule has 0 spiro atoms. The average molecular weight is 719 g/mol. The number of allylic oxidation sites excluding steroid dienone is 2. The predicted molar refractivity (Wildman–Crippen MR) is 233 cm³/mol. The number of nitrogens with zero attached hydrogens (tertiary/aromatic N) is 2. The van der Waals surface area contributed by atoms with Crippen LogP contribution in [0.5, 0.6) is 0 Å². The summed E-state index contributed by atoms with van der Waals surface area (Å²) in [6, 6.07) is 38.3. The van der Waals surface area contributed by atoms with Crippen molar-refractivity contribution in [3.8, 4) is 22.4 Å². The zero-order chi connectivity index (χ0) is 38.0. The van der Waals surface area contributed by atoms with E-state index in [1.807, 2.05) is 0 Å². The van der Waals surface area contributed by atoms with E-state index in [9.17, 15) is 0 Å². The lowest BCUT2D eigenvalue weighted by Gasteiger charge is -2.34. The zero-order valence-electron chi connectivity index (χ0n) is 33.6. The van der Waals surface area contributed by atoms with E-state index >= 15 is 0 Å². The average Bonchev–Trinajstić information content (AvgIpc) is 3.14. The molecule has 1 N–H and O–H groups in total. The minimum absolute atomic E-state index is 0.233. The number of anilines is 3. The van der Waals surface area contributed by atoms with Gasteiger partial charge in [-0.15, -0.1) is 6.58 Å². The van der Waals surface area contributed by atoms with Crippen LogP contribution < -0.4 is 20.0 Å². The van der Waals surface area contributed by atoms with E-state index in [-0.39, 0.29) is 6.04 Å². The third-order valence-electron chi connectivity index (χ3n) is 11.2. The van der Waals surface area contributed by atoms with E-state index in [1.165, 1.54) is 55.5 Å². The molecule has 1 aromatic heterocycles. The van der Waals surface area contributed by atoms with Gasteiger partial charge in [-0.05, 0) is 89.8 Å². The van der Waals surface area contributed by atoms with E-state index in [2.05, 4.69) is 192 Å². The first-order chi connectivity index (χ1) is 25.2. The summed E-state index contributed by atoms with van der Waals surface area (Å²) >= 11 is 0. The Morgan fingerprint density at radius 2 is 1.42 bits per heavy atom. The first-order valence-electron chi connectivity index (χ1n) is 19.5. The monoisotopic (exact) mass is 718 g/mol. The van der Waals surface area contributed by atoms with E-state index in [0.29, 0.717) is 17.8 Å². The Hall–Kier alpha value is -4.67. The minimum Gasteiger partial charge on any atom is -0.353 e. The van der Waals surface area contributed by atoms with Gasteiger partial charge in [-0.3, -0.25) is 0 Å². The topological polar surface area (TPSA) is 19.1 Å². The zero-order valence-corrected chi connectivity index (χ0v) is 34.6. The van der Waals surface area contributed by atoms with Crippen LogP contribution in [0, 0.1) is 0 Å². The van der Waals surface area contributed by atoms with Crippen molar-refractivity contribution in [1.82, 2.24) is 0 Å². The molecular weight excluding hydrogens is 659 g/mol. The van der Waals surface area contributed by atoms with Gasteiger partial charge in [0.25, 0.3) is 0 Å². The maximum atomic E-state index is 4.82. The second kappa shape index (κ2) is 15.7. The molecule has 1 aliphatic heterocycles. The van der Waals surface area contributed by atoms with Gasteiger partial charge in [0.1, 0.15) is 0 Å². The normalized spacial score (nSPS) is 15.2. The quantitative estimate of drug-likeness (QED) is 0.0742. The number of para-hydroxylation sites is 2. The van der Waals surface area contributed by atoms with Crippen LogP contribution in [-0.4, -0.2) is 15.1 Å². The number of aromatic nitrogens is 1. The van der Waals surface area contributed by atoms with Gasteiger partial charge in [-0.1, -0.05) is 126 Å². The van der Waals surface area contributed by atoms with Crippen molar-refractivity contribution in [3.05, 3.63) is 150 Å². The van der Waals surface area contributed by atoms with Crippen LogP contribution in [0.4, 0.5) is 17.1 Å². The Kier molecular flexibility index (Phi) is 11.3. The van der Waals surface area contributed by atoms with E-state index in [1.54, 1.807) is 0 Å². The minimum atomic E-state index is -1.56. The lowest BCUT2D eigenvalue weighted by Crippen LogP contribution is -2.53. The van der Waals surface area contributed by atoms with Gasteiger partial charge in [0, 0.05) is 41.2 Å². The van der Waals surface area contributed by atoms with E-state index in [4.69, 9.17) is 6.58 Å². The van der Waals surface area contributed by atoms with Crippen LogP contribution in [0.15, 0.2) is 134 Å². The predicted octanol–water partition coefficient (Wildman–Crippen LogP) is 12.9. The fourth-order valence-electron chi connectivity index (χ4n) is 8.00. The smallest absolute Gasteiger partial charge is 0.213 e. The summed E-state index contributed by atoms with van der Waals surface area (Å²) < 4.78 is 2.61. The molecule has 2 heterocycles. The molecule has 1 aliphatic rings. The molecule has 2 unspecified atom stereocenters. The first kappa shape index (κ1) is 38.1. The molecule has 0 aliphatic carbocycles. The molecule has 0 saturated heterocycles. The van der Waals surface area contributed by atoms with Crippen LogP contribution >= 0.6 is 0 Å². The van der Waals surface area contributed by atoms with Gasteiger partial charge in [0.05, 0.1) is 25.9 Å². The summed E-state index contributed by atoms with van der Waals surface area (Å²) in [7, 11) is 0.636. The van der Waals surface area contributed by atoms with Crippen molar-refractivity contribution in [3.63, 3.8) is 0 Å². The van der Waals surface area contributed by atoms with Crippen molar-refractivity contribution < 1.29 is 4.57 Å². The largest absolute Gasteiger partial charge is 0.353 e. The molecule has 4 heteroatoms. The molecule has 0 fully saturated rings. The third kappa shape index (κ3) is 8.14. The molecule has 274 valence electrons. The molecule has 4 aromatic carbocycles. The SMILES string of the molecule is C=C(C)CCC1c2ccccc2-c2ccc([Si](C)(C)C)c[n+]2C1CC(=C)N(C)c1ccccc1Nc1c(C(C)C)cc(-c2ccccc2)cc1C(C)C. The van der Waals surface area contributed by atoms with E-state index < -0.39 is 8.07 Å². The maximum Gasteiger partial charge on any atom is 0.213 e. The first-order valence-corrected chi connectivity index (χ1v) is 23.0. The van der Waals surface area contributed by atoms with Crippen molar-refractivity contribution in [1.29, 1.82) is 0 Å². The summed E-state index contributed by atoms with van der Waals surface area (Å²) in [6.07, 6.45) is 5.39. The molecule has 0 amide bonds. The summed E-state index contributed by atoms with van der Waals surface area (Å²) in [5.41, 5.74) is 15.1. The summed E-state index contributed by atoms with van der Waals surface area (Å²) in [6.45, 7) is 27.8. The number of pyridine rings is 1. The highest BCUT2D eigenvalue weighted by Crippen LogP contribution is 2.45. The van der Waals surface area contributed by atoms with Crippen molar-refractivity contribution in [2.45, 2.75) is 97.3 Å². The van der Waals surface area contributed by atoms with Gasteiger partial charge >= 0.3 is 0 Å². The Morgan fingerprint density at radius 3 is 2.06 bits per heavy atom. The second-order valence-electron chi connectivity index (χ2n) is 16.9. The highest BCUT2D eigenvalue weighted by Gasteiger charge is 2.41. The molecular formula is C49H60N3Si+. The van der Waals surface area contributed by atoms with E-state index in [0.717, 1.165) is 36.3 Å². The fourth-order valence-corrected chi connectivity index (χ4v) is 9.11. The Balaban J connectivity index is 1.38. The Labute approximate surface area is 321 Å². The standard InChI is InChI=1S/C49H60N3Si/c1-33(2)25-27-42-40-21-15-16-22-41(40)46-28-26-39(53(9,10)11)32-52(46)48(42)29-36(7)51(8)47-24-18-17-23-45(47)50-49-43(34(3)4)30-38(31-44(49)35(5)6)37-19-13-12-14-20-37/h12-24,26,28,30-32,34-35,42,48,50H,1,7,25,27,29H2,2-6,8-11H3/q+1. The maximum absolute atomic E-state index is 4.82. The molecule has 53 heavy (non-hydrogen) atoms. The van der Waals surface area contributed by atoms with Gasteiger partial charge in [0.2, 0.25) is 5.69 Å². The van der Waals surface area contributed by atoms with Gasteiger partial charge in [-0.25, -0.2) is 0 Å².